The molecule has 0 saturated heterocycles. The lowest BCUT2D eigenvalue weighted by Gasteiger charge is -2.16. The molecular weight excluding hydrogens is 318 g/mol. The first-order valence-electron chi connectivity index (χ1n) is 7.88. The van der Waals surface area contributed by atoms with Crippen molar-refractivity contribution in [2.24, 2.45) is 0 Å². The van der Waals surface area contributed by atoms with Crippen molar-refractivity contribution in [2.45, 2.75) is 44.4 Å². The van der Waals surface area contributed by atoms with Gasteiger partial charge in [-0.2, -0.15) is 0 Å². The minimum atomic E-state index is -3.28. The molecule has 0 aliphatic heterocycles. The molecule has 1 fully saturated rings. The fourth-order valence-electron chi connectivity index (χ4n) is 2.82. The van der Waals surface area contributed by atoms with E-state index in [1.807, 2.05) is 6.92 Å². The van der Waals surface area contributed by atoms with Gasteiger partial charge in [0.1, 0.15) is 0 Å². The van der Waals surface area contributed by atoms with Gasteiger partial charge in [0.2, 0.25) is 15.8 Å². The van der Waals surface area contributed by atoms with Crippen molar-refractivity contribution in [2.75, 3.05) is 20.8 Å². The predicted octanol–water partition coefficient (Wildman–Crippen LogP) is 2.46. The van der Waals surface area contributed by atoms with Gasteiger partial charge in [0.15, 0.2) is 11.5 Å². The van der Waals surface area contributed by atoms with Crippen LogP contribution in [0.2, 0.25) is 0 Å². The van der Waals surface area contributed by atoms with E-state index in [0.29, 0.717) is 23.9 Å². The highest BCUT2D eigenvalue weighted by molar-refractivity contribution is 7.90. The maximum absolute atomic E-state index is 12.3. The molecule has 7 heteroatoms. The molecule has 0 spiro atoms. The summed E-state index contributed by atoms with van der Waals surface area (Å²) >= 11 is 0. The Kier molecular flexibility index (Phi) is 6.12. The highest BCUT2D eigenvalue weighted by atomic mass is 32.2. The van der Waals surface area contributed by atoms with Crippen LogP contribution >= 0.6 is 0 Å². The molecule has 23 heavy (non-hydrogen) atoms. The van der Waals surface area contributed by atoms with Crippen molar-refractivity contribution in [1.29, 1.82) is 0 Å². The number of hydrogen-bond donors (Lipinski definition) is 1. The van der Waals surface area contributed by atoms with E-state index in [4.69, 9.17) is 14.2 Å². The van der Waals surface area contributed by atoms with Crippen LogP contribution in [0.3, 0.4) is 0 Å². The molecular formula is C16H25NO5S. The van der Waals surface area contributed by atoms with Crippen LogP contribution in [-0.4, -0.2) is 34.5 Å². The number of ether oxygens (including phenoxy) is 3. The van der Waals surface area contributed by atoms with Gasteiger partial charge in [-0.15, -0.1) is 0 Å². The van der Waals surface area contributed by atoms with Crippen molar-refractivity contribution in [3.8, 4) is 17.2 Å². The summed E-state index contributed by atoms with van der Waals surface area (Å²) in [6.07, 6.45) is 3.45. The van der Waals surface area contributed by atoms with Crippen LogP contribution in [-0.2, 0) is 16.6 Å². The Labute approximate surface area is 138 Å². The average Bonchev–Trinajstić information content (AvgIpc) is 3.09. The Morgan fingerprint density at radius 3 is 2.17 bits per heavy atom. The summed E-state index contributed by atoms with van der Waals surface area (Å²) in [4.78, 5) is 0. The summed E-state index contributed by atoms with van der Waals surface area (Å²) in [6, 6.07) is 3.54. The Balaban J connectivity index is 2.16. The van der Waals surface area contributed by atoms with Gasteiger partial charge in [-0.05, 0) is 37.5 Å². The number of benzene rings is 1. The van der Waals surface area contributed by atoms with E-state index in [-0.39, 0.29) is 11.8 Å². The summed E-state index contributed by atoms with van der Waals surface area (Å²) in [7, 11) is -0.190. The third-order valence-corrected chi connectivity index (χ3v) is 5.92. The summed E-state index contributed by atoms with van der Waals surface area (Å²) in [5.74, 6) is 1.59. The number of hydrogen-bond acceptors (Lipinski definition) is 5. The zero-order valence-corrected chi connectivity index (χ0v) is 14.7. The van der Waals surface area contributed by atoms with Crippen LogP contribution in [0.5, 0.6) is 17.2 Å². The van der Waals surface area contributed by atoms with Crippen LogP contribution in [0.25, 0.3) is 0 Å². The minimum absolute atomic E-state index is 0.206. The largest absolute Gasteiger partial charge is 0.493 e. The van der Waals surface area contributed by atoms with E-state index < -0.39 is 10.0 Å². The second kappa shape index (κ2) is 7.88. The topological polar surface area (TPSA) is 73.9 Å². The third kappa shape index (κ3) is 4.29. The first-order chi connectivity index (χ1) is 11.0. The summed E-state index contributed by atoms with van der Waals surface area (Å²) in [5, 5.41) is -0.269. The molecule has 0 bridgehead atoms. The maximum atomic E-state index is 12.3. The Morgan fingerprint density at radius 2 is 1.70 bits per heavy atom. The lowest BCUT2D eigenvalue weighted by atomic mass is 10.2. The molecule has 2 rings (SSSR count). The second-order valence-electron chi connectivity index (χ2n) is 5.54. The van der Waals surface area contributed by atoms with Gasteiger partial charge < -0.3 is 14.2 Å². The minimum Gasteiger partial charge on any atom is -0.493 e. The average molecular weight is 343 g/mol. The maximum Gasteiger partial charge on any atom is 0.214 e. The van der Waals surface area contributed by atoms with Crippen molar-refractivity contribution < 1.29 is 22.6 Å². The molecule has 0 heterocycles. The van der Waals surface area contributed by atoms with E-state index in [1.54, 1.807) is 26.4 Å². The lowest BCUT2D eigenvalue weighted by Crippen LogP contribution is -2.32. The molecule has 0 radical (unpaired) electrons. The molecule has 1 aromatic rings. The van der Waals surface area contributed by atoms with Gasteiger partial charge in [0, 0.05) is 6.54 Å². The number of methoxy groups -OCH3 is 2. The van der Waals surface area contributed by atoms with Crippen molar-refractivity contribution >= 4 is 10.0 Å². The van der Waals surface area contributed by atoms with Crippen molar-refractivity contribution in [3.63, 3.8) is 0 Å². The number of sulfonamides is 1. The van der Waals surface area contributed by atoms with E-state index >= 15 is 0 Å². The molecule has 130 valence electrons. The fraction of sp³-hybridized carbons (Fsp3) is 0.625. The van der Waals surface area contributed by atoms with Crippen molar-refractivity contribution in [3.05, 3.63) is 17.7 Å². The molecule has 1 aliphatic rings. The summed E-state index contributed by atoms with van der Waals surface area (Å²) < 4.78 is 43.5. The Hall–Kier alpha value is -1.47. The Bertz CT molecular complexity index is 598. The van der Waals surface area contributed by atoms with Gasteiger partial charge in [0.25, 0.3) is 0 Å². The zero-order chi connectivity index (χ0) is 16.9. The van der Waals surface area contributed by atoms with Gasteiger partial charge in [-0.25, -0.2) is 13.1 Å². The lowest BCUT2D eigenvalue weighted by molar-refractivity contribution is 0.288. The molecule has 6 nitrogen and oxygen atoms in total. The van der Waals surface area contributed by atoms with Crippen LogP contribution in [0, 0.1) is 0 Å². The van der Waals surface area contributed by atoms with Gasteiger partial charge >= 0.3 is 0 Å². The first-order valence-corrected chi connectivity index (χ1v) is 9.42. The van der Waals surface area contributed by atoms with Gasteiger partial charge in [0.05, 0.1) is 26.1 Å². The fourth-order valence-corrected chi connectivity index (χ4v) is 4.38. The van der Waals surface area contributed by atoms with Crippen LogP contribution in [0.4, 0.5) is 0 Å². The molecule has 1 N–H and O–H groups in total. The molecule has 0 amide bonds. The van der Waals surface area contributed by atoms with Crippen LogP contribution < -0.4 is 18.9 Å². The van der Waals surface area contributed by atoms with Gasteiger partial charge in [-0.1, -0.05) is 12.8 Å². The molecule has 0 aromatic heterocycles. The molecule has 0 atom stereocenters. The first kappa shape index (κ1) is 17.9. The van der Waals surface area contributed by atoms with Crippen LogP contribution in [0.1, 0.15) is 38.2 Å². The standard InChI is InChI=1S/C16H25NO5S/c1-4-22-16-14(20-2)9-12(10-15(16)21-3)11-17-23(18,19)13-7-5-6-8-13/h9-10,13,17H,4-8,11H2,1-3H3. The smallest absolute Gasteiger partial charge is 0.214 e. The summed E-state index contributed by atoms with van der Waals surface area (Å²) in [6.45, 7) is 2.57. The highest BCUT2D eigenvalue weighted by Crippen LogP contribution is 2.38. The van der Waals surface area contributed by atoms with E-state index in [2.05, 4.69) is 4.72 Å². The second-order valence-corrected chi connectivity index (χ2v) is 7.58. The third-order valence-electron chi connectivity index (χ3n) is 4.03. The van der Waals surface area contributed by atoms with Crippen LogP contribution in [0.15, 0.2) is 12.1 Å². The normalized spacial score (nSPS) is 15.6. The molecule has 1 saturated carbocycles. The van der Waals surface area contributed by atoms with E-state index in [0.717, 1.165) is 31.2 Å². The molecule has 1 aliphatic carbocycles. The molecule has 0 unspecified atom stereocenters. The highest BCUT2D eigenvalue weighted by Gasteiger charge is 2.28. The van der Waals surface area contributed by atoms with Gasteiger partial charge in [-0.3, -0.25) is 0 Å². The number of nitrogens with one attached hydrogen (secondary N) is 1. The monoisotopic (exact) mass is 343 g/mol. The number of rotatable bonds is 8. The van der Waals surface area contributed by atoms with E-state index in [1.165, 1.54) is 0 Å². The molecule has 1 aromatic carbocycles. The van der Waals surface area contributed by atoms with Crippen molar-refractivity contribution in [1.82, 2.24) is 4.72 Å². The Morgan fingerprint density at radius 1 is 1.13 bits per heavy atom. The summed E-state index contributed by atoms with van der Waals surface area (Å²) in [5.41, 5.74) is 0.767. The van der Waals surface area contributed by atoms with E-state index in [9.17, 15) is 8.42 Å². The SMILES string of the molecule is CCOc1c(OC)cc(CNS(=O)(=O)C2CCCC2)cc1OC. The predicted molar refractivity (Wildman–Crippen MR) is 88.7 cm³/mol. The zero-order valence-electron chi connectivity index (χ0n) is 13.9. The quantitative estimate of drug-likeness (QED) is 0.785.